The van der Waals surface area contributed by atoms with E-state index in [1.807, 2.05) is 0 Å². The lowest BCUT2D eigenvalue weighted by atomic mass is 9.76. The highest BCUT2D eigenvalue weighted by Gasteiger charge is 2.49. The molecule has 1 aromatic carbocycles. The molecule has 8 rings (SSSR count). The van der Waals surface area contributed by atoms with Crippen LogP contribution in [0.5, 0.6) is 0 Å². The average molecular weight is 780 g/mol. The lowest BCUT2D eigenvalue weighted by Crippen LogP contribution is -2.57. The van der Waals surface area contributed by atoms with Crippen LogP contribution in [0.25, 0.3) is 17.0 Å². The van der Waals surface area contributed by atoms with Crippen molar-refractivity contribution in [3.8, 4) is 11.3 Å². The van der Waals surface area contributed by atoms with Crippen LogP contribution in [-0.2, 0) is 19.3 Å². The molecule has 3 saturated carbocycles. The van der Waals surface area contributed by atoms with Crippen molar-refractivity contribution in [3.63, 3.8) is 0 Å². The number of hydrogen-bond acceptors (Lipinski definition) is 1. The second-order valence-electron chi connectivity index (χ2n) is 20.5. The van der Waals surface area contributed by atoms with E-state index in [1.54, 1.807) is 10.8 Å². The fourth-order valence-electron chi connectivity index (χ4n) is 12.1. The van der Waals surface area contributed by atoms with E-state index in [-0.39, 0.29) is 17.5 Å². The molecule has 3 aromatic rings. The summed E-state index contributed by atoms with van der Waals surface area (Å²) in [5.41, 5.74) is 12.3. The number of fused-ring (bicyclic) bond motifs is 7. The van der Waals surface area contributed by atoms with Crippen LogP contribution in [0.15, 0.2) is 90.2 Å². The SMILES string of the molecule is C=C1C2C(CCC(C=C(C)C)(/N=C(\C=C/C)CC3CCCC3)Cc3cc(CC4CCCC4)cc[n+]31)c1ccccc1-c1cc(CC3CCCC3)c([Si](C)(C)C)c[n+]12. The van der Waals surface area contributed by atoms with E-state index in [0.717, 1.165) is 43.4 Å². The molecule has 0 bridgehead atoms. The Morgan fingerprint density at radius 2 is 1.53 bits per heavy atom. The third kappa shape index (κ3) is 8.83. The van der Waals surface area contributed by atoms with Crippen LogP contribution >= 0.6 is 0 Å². The van der Waals surface area contributed by atoms with Gasteiger partial charge in [0.1, 0.15) is 0 Å². The molecule has 302 valence electrons. The number of benzene rings is 1. The highest BCUT2D eigenvalue weighted by atomic mass is 28.3. The second kappa shape index (κ2) is 17.1. The summed E-state index contributed by atoms with van der Waals surface area (Å²) in [6.45, 7) is 19.6. The van der Waals surface area contributed by atoms with Gasteiger partial charge >= 0.3 is 0 Å². The van der Waals surface area contributed by atoms with Crippen molar-refractivity contribution < 1.29 is 9.13 Å². The summed E-state index contributed by atoms with van der Waals surface area (Å²) in [4.78, 5) is 6.01. The van der Waals surface area contributed by atoms with Crippen molar-refractivity contribution in [1.29, 1.82) is 0 Å². The molecule has 3 fully saturated rings. The summed E-state index contributed by atoms with van der Waals surface area (Å²) < 4.78 is 5.27. The summed E-state index contributed by atoms with van der Waals surface area (Å²) >= 11 is 0. The Hall–Kier alpha value is -3.37. The maximum Gasteiger partial charge on any atom is 0.249 e. The lowest BCUT2D eigenvalue weighted by Gasteiger charge is -2.33. The Kier molecular flexibility index (Phi) is 12.1. The molecule has 3 atom stereocenters. The number of hydrogen-bond donors (Lipinski definition) is 0. The van der Waals surface area contributed by atoms with Gasteiger partial charge in [0.15, 0.2) is 18.1 Å². The Morgan fingerprint density at radius 1 is 0.860 bits per heavy atom. The van der Waals surface area contributed by atoms with Crippen molar-refractivity contribution in [1.82, 2.24) is 0 Å². The van der Waals surface area contributed by atoms with Gasteiger partial charge in [0.05, 0.1) is 26.0 Å². The van der Waals surface area contributed by atoms with Crippen LogP contribution in [0.4, 0.5) is 0 Å². The Balaban J connectivity index is 1.32. The molecule has 3 unspecified atom stereocenters. The van der Waals surface area contributed by atoms with E-state index >= 15 is 0 Å². The van der Waals surface area contributed by atoms with E-state index in [0.29, 0.717) is 0 Å². The van der Waals surface area contributed by atoms with Crippen molar-refractivity contribution in [3.05, 3.63) is 108 Å². The van der Waals surface area contributed by atoms with Crippen molar-refractivity contribution >= 4 is 24.7 Å². The van der Waals surface area contributed by atoms with Crippen molar-refractivity contribution in [2.24, 2.45) is 22.7 Å². The minimum Gasteiger partial charge on any atom is -0.278 e. The standard InChI is InChI=1S/C53H73N3Si/c1-8-17-45(32-42-22-13-14-23-42)54-53(35-38(2)3)28-26-49-47-24-15-16-25-48(47)50-34-44(31-41-20-11-12-21-41)51(57(5,6)7)37-56(50)52(49)39(4)55-29-27-43(33-46(55)36-53)30-40-18-9-10-19-40/h8,15-17,24-25,27,29,33-35,37,40-42,49,52H,4,9-14,18-23,26,28,30-32,36H2,1-3,5-7H3/q+2/b17-8-,54-45+. The van der Waals surface area contributed by atoms with E-state index in [2.05, 4.69) is 123 Å². The third-order valence-electron chi connectivity index (χ3n) is 14.7. The summed E-state index contributed by atoms with van der Waals surface area (Å²) in [6.07, 6.45) is 35.2. The molecule has 4 heterocycles. The molecule has 0 saturated heterocycles. The summed E-state index contributed by atoms with van der Waals surface area (Å²) in [5, 5.41) is 1.65. The van der Waals surface area contributed by atoms with E-state index < -0.39 is 8.07 Å². The summed E-state index contributed by atoms with van der Waals surface area (Å²) in [6, 6.07) is 17.2. The number of nitrogens with zero attached hydrogens (tertiary/aromatic N) is 3. The topological polar surface area (TPSA) is 20.1 Å². The molecular weight excluding hydrogens is 707 g/mol. The van der Waals surface area contributed by atoms with Crippen LogP contribution in [0.3, 0.4) is 0 Å². The Morgan fingerprint density at radius 3 is 2.19 bits per heavy atom. The van der Waals surface area contributed by atoms with E-state index in [1.165, 1.54) is 135 Å². The number of rotatable bonds is 10. The van der Waals surface area contributed by atoms with Gasteiger partial charge in [0.25, 0.3) is 0 Å². The normalized spacial score (nSPS) is 24.8. The van der Waals surface area contributed by atoms with Crippen LogP contribution in [0, 0.1) is 17.8 Å². The first kappa shape index (κ1) is 40.4. The van der Waals surface area contributed by atoms with Gasteiger partial charge in [-0.3, -0.25) is 4.99 Å². The molecule has 0 N–H and O–H groups in total. The van der Waals surface area contributed by atoms with Gasteiger partial charge < -0.3 is 0 Å². The summed E-state index contributed by atoms with van der Waals surface area (Å²) in [5.74, 6) is 2.67. The molecular formula is C53H73N3Si+2. The molecule has 2 aromatic heterocycles. The largest absolute Gasteiger partial charge is 0.278 e. The molecule has 4 heteroatoms. The third-order valence-corrected chi connectivity index (χ3v) is 16.8. The maximum atomic E-state index is 6.01. The maximum absolute atomic E-state index is 6.01. The first-order valence-corrected chi connectivity index (χ1v) is 26.8. The molecule has 0 spiro atoms. The Bertz CT molecular complexity index is 2020. The molecule has 0 amide bonds. The minimum atomic E-state index is -1.68. The van der Waals surface area contributed by atoms with Gasteiger partial charge in [-0.25, -0.2) is 0 Å². The highest BCUT2D eigenvalue weighted by molar-refractivity contribution is 6.89. The van der Waals surface area contributed by atoms with E-state index in [4.69, 9.17) is 11.6 Å². The lowest BCUT2D eigenvalue weighted by molar-refractivity contribution is -0.729. The molecule has 5 aliphatic rings. The molecule has 2 aliphatic heterocycles. The van der Waals surface area contributed by atoms with Gasteiger partial charge in [0.2, 0.25) is 17.4 Å². The number of allylic oxidation sites excluding steroid dienone is 4. The van der Waals surface area contributed by atoms with E-state index in [9.17, 15) is 0 Å². The van der Waals surface area contributed by atoms with Gasteiger partial charge in [-0.1, -0.05) is 133 Å². The van der Waals surface area contributed by atoms with Gasteiger partial charge in [-0.2, -0.15) is 9.13 Å². The fraction of sp³-hybridized carbons (Fsp3) is 0.566. The zero-order valence-corrected chi connectivity index (χ0v) is 37.6. The quantitative estimate of drug-likeness (QED) is 0.0845. The predicted octanol–water partition coefficient (Wildman–Crippen LogP) is 12.4. The van der Waals surface area contributed by atoms with Crippen LogP contribution in [-0.4, -0.2) is 19.3 Å². The highest BCUT2D eigenvalue weighted by Crippen LogP contribution is 2.47. The first-order valence-electron chi connectivity index (χ1n) is 23.3. The fourth-order valence-corrected chi connectivity index (χ4v) is 13.8. The molecule has 3 aliphatic carbocycles. The van der Waals surface area contributed by atoms with Crippen LogP contribution < -0.4 is 14.3 Å². The zero-order chi connectivity index (χ0) is 39.7. The second-order valence-corrected chi connectivity index (χ2v) is 25.5. The van der Waals surface area contributed by atoms with Gasteiger partial charge in [-0.15, -0.1) is 0 Å². The zero-order valence-electron chi connectivity index (χ0n) is 36.6. The molecule has 3 nitrogen and oxygen atoms in total. The monoisotopic (exact) mass is 780 g/mol. The Labute approximate surface area is 347 Å². The van der Waals surface area contributed by atoms with Gasteiger partial charge in [0, 0.05) is 34.7 Å². The predicted molar refractivity (Wildman–Crippen MR) is 244 cm³/mol. The van der Waals surface area contributed by atoms with Crippen LogP contribution in [0.1, 0.15) is 151 Å². The van der Waals surface area contributed by atoms with Crippen LogP contribution in [0.2, 0.25) is 19.6 Å². The first-order chi connectivity index (χ1) is 27.5. The number of aromatic nitrogens is 2. The van der Waals surface area contributed by atoms with Crippen molar-refractivity contribution in [2.75, 3.05) is 0 Å². The number of pyridine rings is 2. The van der Waals surface area contributed by atoms with Gasteiger partial charge in [-0.05, 0) is 106 Å². The molecule has 57 heavy (non-hydrogen) atoms. The van der Waals surface area contributed by atoms with Crippen molar-refractivity contribution in [2.45, 2.75) is 173 Å². The molecule has 0 radical (unpaired) electrons. The number of aliphatic imine (C=N–C) groups is 1. The smallest absolute Gasteiger partial charge is 0.249 e. The minimum absolute atomic E-state index is 0.120. The average Bonchev–Trinajstić information content (AvgIpc) is 3.99. The summed E-state index contributed by atoms with van der Waals surface area (Å²) in [7, 11) is -1.68.